The van der Waals surface area contributed by atoms with Gasteiger partial charge in [0.2, 0.25) is 0 Å². The second-order valence-electron chi connectivity index (χ2n) is 1.91. The van der Waals surface area contributed by atoms with Gasteiger partial charge in [-0.05, 0) is 12.1 Å². The molecule has 13 heavy (non-hydrogen) atoms. The number of nitrogens with zero attached hydrogens (tertiary/aromatic N) is 1. The monoisotopic (exact) mass is 217 g/mol. The molecule has 0 saturated carbocycles. The van der Waals surface area contributed by atoms with Crippen LogP contribution in [0.2, 0.25) is 0 Å². The Bertz CT molecular complexity index is 142. The van der Waals surface area contributed by atoms with E-state index in [9.17, 15) is 0 Å². The van der Waals surface area contributed by atoms with E-state index in [4.69, 9.17) is 3.63 Å². The molecule has 0 N–H and O–H groups in total. The van der Waals surface area contributed by atoms with Gasteiger partial charge >= 0.3 is 0 Å². The Morgan fingerprint density at radius 2 is 1.54 bits per heavy atom. The van der Waals surface area contributed by atoms with E-state index in [0.29, 0.717) is 0 Å². The van der Waals surface area contributed by atoms with E-state index in [1.807, 2.05) is 18.2 Å². The molecule has 0 aliphatic heterocycles. The smallest absolute Gasteiger partial charge is 0.0267 e. The van der Waals surface area contributed by atoms with Gasteiger partial charge in [-0.2, -0.15) is 0 Å². The molecule has 0 aliphatic rings. The SMILES string of the molecule is CCSOSCC.c1ccncc1. The zero-order valence-corrected chi connectivity index (χ0v) is 9.61. The summed E-state index contributed by atoms with van der Waals surface area (Å²) in [6, 6.07) is 5.72. The lowest BCUT2D eigenvalue weighted by atomic mass is 10.5. The van der Waals surface area contributed by atoms with Gasteiger partial charge in [0.25, 0.3) is 0 Å². The van der Waals surface area contributed by atoms with Crippen LogP contribution in [-0.2, 0) is 3.63 Å². The largest absolute Gasteiger partial charge is 0.265 e. The minimum Gasteiger partial charge on any atom is -0.265 e. The molecule has 1 aromatic heterocycles. The van der Waals surface area contributed by atoms with Gasteiger partial charge in [-0.25, -0.2) is 3.63 Å². The molecule has 1 aromatic rings. The molecule has 0 atom stereocenters. The summed E-state index contributed by atoms with van der Waals surface area (Å²) in [4.78, 5) is 3.78. The van der Waals surface area contributed by atoms with E-state index in [1.165, 1.54) is 24.1 Å². The Morgan fingerprint density at radius 1 is 1.00 bits per heavy atom. The molecular weight excluding hydrogens is 202 g/mol. The summed E-state index contributed by atoms with van der Waals surface area (Å²) in [5, 5.41) is 0. The number of rotatable bonds is 4. The van der Waals surface area contributed by atoms with Crippen molar-refractivity contribution >= 4 is 24.1 Å². The fraction of sp³-hybridized carbons (Fsp3) is 0.444. The molecule has 74 valence electrons. The maximum Gasteiger partial charge on any atom is 0.0267 e. The summed E-state index contributed by atoms with van der Waals surface area (Å²) in [7, 11) is 0. The highest BCUT2D eigenvalue weighted by molar-refractivity contribution is 8.07. The summed E-state index contributed by atoms with van der Waals surface area (Å²) >= 11 is 2.99. The third-order valence-corrected chi connectivity index (χ3v) is 2.14. The van der Waals surface area contributed by atoms with Gasteiger partial charge in [0.05, 0.1) is 0 Å². The Labute approximate surface area is 88.9 Å². The predicted octanol–water partition coefficient (Wildman–Crippen LogP) is 3.42. The van der Waals surface area contributed by atoms with Crippen LogP contribution in [0, 0.1) is 0 Å². The van der Waals surface area contributed by atoms with Crippen molar-refractivity contribution in [1.82, 2.24) is 4.98 Å². The molecule has 0 saturated heterocycles. The first-order chi connectivity index (χ1) is 6.41. The van der Waals surface area contributed by atoms with Crippen LogP contribution in [0.5, 0.6) is 0 Å². The van der Waals surface area contributed by atoms with Crippen molar-refractivity contribution in [3.05, 3.63) is 30.6 Å². The number of aromatic nitrogens is 1. The van der Waals surface area contributed by atoms with Crippen molar-refractivity contribution in [3.63, 3.8) is 0 Å². The summed E-state index contributed by atoms with van der Waals surface area (Å²) in [6.45, 7) is 4.14. The van der Waals surface area contributed by atoms with Crippen LogP contribution < -0.4 is 0 Å². The van der Waals surface area contributed by atoms with Gasteiger partial charge < -0.3 is 0 Å². The van der Waals surface area contributed by atoms with Crippen molar-refractivity contribution in [3.8, 4) is 0 Å². The lowest BCUT2D eigenvalue weighted by Gasteiger charge is -1.91. The molecule has 2 nitrogen and oxygen atoms in total. The van der Waals surface area contributed by atoms with Gasteiger partial charge in [0, 0.05) is 48.0 Å². The Balaban J connectivity index is 0.000000223. The number of pyridine rings is 1. The topological polar surface area (TPSA) is 22.1 Å². The summed E-state index contributed by atoms with van der Waals surface area (Å²) in [5.74, 6) is 2.07. The number of hydrogen-bond acceptors (Lipinski definition) is 4. The van der Waals surface area contributed by atoms with E-state index in [-0.39, 0.29) is 0 Å². The fourth-order valence-corrected chi connectivity index (χ4v) is 1.48. The van der Waals surface area contributed by atoms with E-state index in [0.717, 1.165) is 11.5 Å². The van der Waals surface area contributed by atoms with Crippen LogP contribution in [0.1, 0.15) is 13.8 Å². The molecule has 0 unspecified atom stereocenters. The highest BCUT2D eigenvalue weighted by atomic mass is 32.2. The Kier molecular flexibility index (Phi) is 11.6. The Morgan fingerprint density at radius 3 is 1.77 bits per heavy atom. The van der Waals surface area contributed by atoms with Crippen molar-refractivity contribution in [1.29, 1.82) is 0 Å². The van der Waals surface area contributed by atoms with Gasteiger partial charge in [0.15, 0.2) is 0 Å². The second kappa shape index (κ2) is 11.8. The third-order valence-electron chi connectivity index (χ3n) is 0.898. The fourth-order valence-electron chi connectivity index (χ4n) is 0.443. The maximum atomic E-state index is 4.97. The van der Waals surface area contributed by atoms with Gasteiger partial charge in [-0.1, -0.05) is 19.9 Å². The molecular formula is C9H15NOS2. The summed E-state index contributed by atoms with van der Waals surface area (Å²) < 4.78 is 4.97. The maximum absolute atomic E-state index is 4.97. The standard InChI is InChI=1S/C5H5N.C4H10OS2/c1-2-4-6-5-3-1;1-3-6-5-7-4-2/h1-5H;3-4H2,1-2H3. The molecule has 0 aliphatic carbocycles. The summed E-state index contributed by atoms with van der Waals surface area (Å²) in [5.41, 5.74) is 0. The van der Waals surface area contributed by atoms with Crippen LogP contribution in [0.4, 0.5) is 0 Å². The molecule has 0 fully saturated rings. The van der Waals surface area contributed by atoms with Crippen LogP contribution in [-0.4, -0.2) is 16.5 Å². The molecule has 0 spiro atoms. The van der Waals surface area contributed by atoms with Crippen molar-refractivity contribution in [2.75, 3.05) is 11.5 Å². The molecule has 0 amide bonds. The van der Waals surface area contributed by atoms with Crippen molar-refractivity contribution in [2.24, 2.45) is 0 Å². The van der Waals surface area contributed by atoms with Crippen molar-refractivity contribution in [2.45, 2.75) is 13.8 Å². The van der Waals surface area contributed by atoms with Crippen LogP contribution in [0.25, 0.3) is 0 Å². The lowest BCUT2D eigenvalue weighted by molar-refractivity contribution is 0.759. The zero-order valence-electron chi connectivity index (χ0n) is 7.97. The van der Waals surface area contributed by atoms with Gasteiger partial charge in [0.1, 0.15) is 0 Å². The highest BCUT2D eigenvalue weighted by Gasteiger charge is 1.80. The first-order valence-corrected chi connectivity index (χ1v) is 6.00. The molecule has 4 heteroatoms. The lowest BCUT2D eigenvalue weighted by Crippen LogP contribution is -1.68. The minimum atomic E-state index is 1.03. The highest BCUT2D eigenvalue weighted by Crippen LogP contribution is 2.12. The van der Waals surface area contributed by atoms with Crippen molar-refractivity contribution < 1.29 is 3.63 Å². The first-order valence-electron chi connectivity index (χ1n) is 4.17. The molecule has 0 radical (unpaired) electrons. The third kappa shape index (κ3) is 11.8. The van der Waals surface area contributed by atoms with E-state index in [1.54, 1.807) is 12.4 Å². The molecule has 0 aromatic carbocycles. The van der Waals surface area contributed by atoms with Crippen LogP contribution >= 0.6 is 24.1 Å². The predicted molar refractivity (Wildman–Crippen MR) is 61.6 cm³/mol. The van der Waals surface area contributed by atoms with E-state index >= 15 is 0 Å². The van der Waals surface area contributed by atoms with Gasteiger partial charge in [-0.3, -0.25) is 4.98 Å². The Hall–Kier alpha value is -0.190. The molecule has 1 heterocycles. The normalized spacial score (nSPS) is 8.77. The molecule has 1 rings (SSSR count). The quantitative estimate of drug-likeness (QED) is 0.569. The van der Waals surface area contributed by atoms with E-state index < -0.39 is 0 Å². The average Bonchev–Trinajstić information content (AvgIpc) is 2.22. The first kappa shape index (κ1) is 12.8. The van der Waals surface area contributed by atoms with Gasteiger partial charge in [-0.15, -0.1) is 0 Å². The zero-order chi connectivity index (χ0) is 9.78. The molecule has 0 bridgehead atoms. The summed E-state index contributed by atoms with van der Waals surface area (Å²) in [6.07, 6.45) is 3.50. The number of hydrogen-bond donors (Lipinski definition) is 0. The minimum absolute atomic E-state index is 1.03. The van der Waals surface area contributed by atoms with Crippen LogP contribution in [0.15, 0.2) is 30.6 Å². The van der Waals surface area contributed by atoms with E-state index in [2.05, 4.69) is 18.8 Å². The second-order valence-corrected chi connectivity index (χ2v) is 4.08. The van der Waals surface area contributed by atoms with Crippen LogP contribution in [0.3, 0.4) is 0 Å². The average molecular weight is 217 g/mol.